The highest BCUT2D eigenvalue weighted by Crippen LogP contribution is 2.26. The van der Waals surface area contributed by atoms with E-state index in [2.05, 4.69) is 10.1 Å². The van der Waals surface area contributed by atoms with E-state index >= 15 is 0 Å². The molecule has 2 N–H and O–H groups in total. The molecule has 0 spiro atoms. The highest BCUT2D eigenvalue weighted by Gasteiger charge is 2.28. The standard InChI is InChI=1S/C13H17N5O/c1-17(8-9-4-10(14)5-9)13(19)11-6-16-18-3-2-15-7-12(11)18/h2-3,6-7,9-10H,4-5,8,14H2,1H3. The van der Waals surface area contributed by atoms with Crippen LogP contribution in [0.1, 0.15) is 23.2 Å². The Morgan fingerprint density at radius 3 is 3.05 bits per heavy atom. The van der Waals surface area contributed by atoms with E-state index in [9.17, 15) is 4.79 Å². The van der Waals surface area contributed by atoms with Gasteiger partial charge in [-0.15, -0.1) is 0 Å². The van der Waals surface area contributed by atoms with E-state index in [0.717, 1.165) is 24.9 Å². The average Bonchev–Trinajstić information content (AvgIpc) is 2.79. The first-order valence-electron chi connectivity index (χ1n) is 6.43. The average molecular weight is 259 g/mol. The summed E-state index contributed by atoms with van der Waals surface area (Å²) in [5.74, 6) is 0.521. The molecular formula is C13H17N5O. The van der Waals surface area contributed by atoms with Crippen molar-refractivity contribution in [3.8, 4) is 0 Å². The number of carbonyl (C=O) groups excluding carboxylic acids is 1. The monoisotopic (exact) mass is 259 g/mol. The van der Waals surface area contributed by atoms with E-state index in [1.165, 1.54) is 0 Å². The Balaban J connectivity index is 1.75. The van der Waals surface area contributed by atoms with Crippen molar-refractivity contribution in [1.82, 2.24) is 19.5 Å². The van der Waals surface area contributed by atoms with Gasteiger partial charge in [0.2, 0.25) is 0 Å². The summed E-state index contributed by atoms with van der Waals surface area (Å²) >= 11 is 0. The largest absolute Gasteiger partial charge is 0.341 e. The van der Waals surface area contributed by atoms with Crippen LogP contribution < -0.4 is 5.73 Å². The molecule has 6 nitrogen and oxygen atoms in total. The first kappa shape index (κ1) is 12.1. The van der Waals surface area contributed by atoms with Crippen molar-refractivity contribution >= 4 is 11.4 Å². The van der Waals surface area contributed by atoms with Gasteiger partial charge in [0.1, 0.15) is 0 Å². The maximum absolute atomic E-state index is 12.4. The second kappa shape index (κ2) is 4.62. The van der Waals surface area contributed by atoms with Crippen molar-refractivity contribution < 1.29 is 4.79 Å². The molecule has 0 aliphatic heterocycles. The highest BCUT2D eigenvalue weighted by atomic mass is 16.2. The van der Waals surface area contributed by atoms with Crippen molar-refractivity contribution in [1.29, 1.82) is 0 Å². The summed E-state index contributed by atoms with van der Waals surface area (Å²) in [6.45, 7) is 0.754. The number of rotatable bonds is 3. The summed E-state index contributed by atoms with van der Waals surface area (Å²) in [6, 6.07) is 0.315. The minimum Gasteiger partial charge on any atom is -0.341 e. The van der Waals surface area contributed by atoms with Gasteiger partial charge in [0.25, 0.3) is 5.91 Å². The smallest absolute Gasteiger partial charge is 0.257 e. The van der Waals surface area contributed by atoms with Crippen LogP contribution in [0.25, 0.3) is 5.52 Å². The fraction of sp³-hybridized carbons (Fsp3) is 0.462. The van der Waals surface area contributed by atoms with Crippen molar-refractivity contribution in [3.63, 3.8) is 0 Å². The number of nitrogens with two attached hydrogens (primary N) is 1. The van der Waals surface area contributed by atoms with Crippen LogP contribution in [-0.2, 0) is 0 Å². The van der Waals surface area contributed by atoms with Gasteiger partial charge in [0.15, 0.2) is 0 Å². The molecule has 1 aliphatic carbocycles. The topological polar surface area (TPSA) is 76.5 Å². The van der Waals surface area contributed by atoms with Crippen LogP contribution in [0.4, 0.5) is 0 Å². The molecule has 19 heavy (non-hydrogen) atoms. The Hall–Kier alpha value is -1.95. The van der Waals surface area contributed by atoms with Crippen LogP contribution in [0.5, 0.6) is 0 Å². The Kier molecular flexibility index (Phi) is 2.94. The van der Waals surface area contributed by atoms with Gasteiger partial charge in [-0.05, 0) is 18.8 Å². The summed E-state index contributed by atoms with van der Waals surface area (Å²) in [5.41, 5.74) is 7.10. The lowest BCUT2D eigenvalue weighted by Gasteiger charge is -2.35. The van der Waals surface area contributed by atoms with Crippen molar-refractivity contribution in [2.45, 2.75) is 18.9 Å². The highest BCUT2D eigenvalue weighted by molar-refractivity contribution is 6.00. The molecule has 3 rings (SSSR count). The van der Waals surface area contributed by atoms with Crippen LogP contribution in [0.2, 0.25) is 0 Å². The first-order chi connectivity index (χ1) is 9.15. The zero-order valence-electron chi connectivity index (χ0n) is 10.9. The quantitative estimate of drug-likeness (QED) is 0.872. The van der Waals surface area contributed by atoms with Crippen LogP contribution >= 0.6 is 0 Å². The summed E-state index contributed by atoms with van der Waals surface area (Å²) in [7, 11) is 1.83. The molecule has 2 heterocycles. The Morgan fingerprint density at radius 2 is 2.32 bits per heavy atom. The van der Waals surface area contributed by atoms with Crippen molar-refractivity contribution in [2.24, 2.45) is 11.7 Å². The van der Waals surface area contributed by atoms with Gasteiger partial charge in [-0.25, -0.2) is 4.52 Å². The third kappa shape index (κ3) is 2.19. The fourth-order valence-corrected chi connectivity index (χ4v) is 2.61. The third-order valence-corrected chi connectivity index (χ3v) is 3.71. The molecule has 0 atom stereocenters. The van der Waals surface area contributed by atoms with Gasteiger partial charge in [0.05, 0.1) is 23.5 Å². The molecule has 1 aliphatic rings. The molecule has 6 heteroatoms. The molecule has 1 amide bonds. The Labute approximate surface area is 111 Å². The lowest BCUT2D eigenvalue weighted by atomic mass is 9.80. The number of carbonyl (C=O) groups is 1. The zero-order valence-corrected chi connectivity index (χ0v) is 10.9. The van der Waals surface area contributed by atoms with Gasteiger partial charge in [0, 0.05) is 32.0 Å². The van der Waals surface area contributed by atoms with E-state index < -0.39 is 0 Å². The third-order valence-electron chi connectivity index (χ3n) is 3.71. The van der Waals surface area contributed by atoms with E-state index in [1.807, 2.05) is 7.05 Å². The molecule has 1 fully saturated rings. The molecule has 2 aromatic rings. The fourth-order valence-electron chi connectivity index (χ4n) is 2.61. The number of fused-ring (bicyclic) bond motifs is 1. The summed E-state index contributed by atoms with van der Waals surface area (Å²) < 4.78 is 1.66. The van der Waals surface area contributed by atoms with Crippen LogP contribution in [-0.4, -0.2) is 45.0 Å². The number of nitrogens with zero attached hydrogens (tertiary/aromatic N) is 4. The normalized spacial score (nSPS) is 22.2. The van der Waals surface area contributed by atoms with Gasteiger partial charge in [-0.1, -0.05) is 0 Å². The van der Waals surface area contributed by atoms with Crippen LogP contribution in [0.3, 0.4) is 0 Å². The second-order valence-electron chi connectivity index (χ2n) is 5.25. The van der Waals surface area contributed by atoms with Crippen LogP contribution in [0.15, 0.2) is 24.8 Å². The first-order valence-corrected chi connectivity index (χ1v) is 6.43. The number of aromatic nitrogens is 3. The minimum atomic E-state index is -0.0107. The predicted octanol–water partition coefficient (Wildman–Crippen LogP) is 0.539. The number of amides is 1. The molecule has 2 aromatic heterocycles. The van der Waals surface area contributed by atoms with Gasteiger partial charge >= 0.3 is 0 Å². The Bertz CT molecular complexity index is 602. The predicted molar refractivity (Wildman–Crippen MR) is 70.6 cm³/mol. The molecule has 100 valence electrons. The zero-order chi connectivity index (χ0) is 13.4. The van der Waals surface area contributed by atoms with Crippen LogP contribution in [0, 0.1) is 5.92 Å². The molecular weight excluding hydrogens is 242 g/mol. The van der Waals surface area contributed by atoms with Crippen molar-refractivity contribution in [2.75, 3.05) is 13.6 Å². The summed E-state index contributed by atoms with van der Waals surface area (Å²) in [4.78, 5) is 18.2. The minimum absolute atomic E-state index is 0.0107. The maximum atomic E-state index is 12.4. The summed E-state index contributed by atoms with van der Waals surface area (Å²) in [6.07, 6.45) is 8.66. The molecule has 0 bridgehead atoms. The van der Waals surface area contributed by atoms with E-state index in [1.54, 1.807) is 34.2 Å². The lowest BCUT2D eigenvalue weighted by molar-refractivity contribution is 0.0736. The number of hydrogen-bond donors (Lipinski definition) is 1. The second-order valence-corrected chi connectivity index (χ2v) is 5.25. The van der Waals surface area contributed by atoms with Crippen molar-refractivity contribution in [3.05, 3.63) is 30.4 Å². The molecule has 0 unspecified atom stereocenters. The van der Waals surface area contributed by atoms with E-state index in [0.29, 0.717) is 17.5 Å². The maximum Gasteiger partial charge on any atom is 0.257 e. The SMILES string of the molecule is CN(CC1CC(N)C1)C(=O)c1cnn2ccncc12. The van der Waals surface area contributed by atoms with E-state index in [4.69, 9.17) is 5.73 Å². The molecule has 0 saturated heterocycles. The molecule has 0 aromatic carbocycles. The molecule has 0 radical (unpaired) electrons. The van der Waals surface area contributed by atoms with E-state index in [-0.39, 0.29) is 5.91 Å². The van der Waals surface area contributed by atoms with Gasteiger partial charge in [-0.3, -0.25) is 9.78 Å². The summed E-state index contributed by atoms with van der Waals surface area (Å²) in [5, 5.41) is 4.16. The number of hydrogen-bond acceptors (Lipinski definition) is 4. The van der Waals surface area contributed by atoms with Gasteiger partial charge in [-0.2, -0.15) is 5.10 Å². The Morgan fingerprint density at radius 1 is 1.53 bits per heavy atom. The molecule has 1 saturated carbocycles. The van der Waals surface area contributed by atoms with Gasteiger partial charge < -0.3 is 10.6 Å². The lowest BCUT2D eigenvalue weighted by Crippen LogP contribution is -2.43.